The number of amides is 1. The average Bonchev–Trinajstić information content (AvgIpc) is 2.80. The number of hydrogen-bond donors (Lipinski definition) is 2. The van der Waals surface area contributed by atoms with Gasteiger partial charge < -0.3 is 20.7 Å². The summed E-state index contributed by atoms with van der Waals surface area (Å²) in [5, 5.41) is 3.29. The molecule has 0 bridgehead atoms. The van der Waals surface area contributed by atoms with Crippen molar-refractivity contribution in [2.45, 2.75) is 20.3 Å². The topological polar surface area (TPSA) is 67.6 Å². The third kappa shape index (κ3) is 5.60. The number of benzene rings is 1. The van der Waals surface area contributed by atoms with E-state index in [1.807, 2.05) is 29.2 Å². The van der Waals surface area contributed by atoms with Gasteiger partial charge in [-0.25, -0.2) is 0 Å². The fourth-order valence-corrected chi connectivity index (χ4v) is 2.40. The number of carbonyl (C=O) groups is 1. The van der Waals surface area contributed by atoms with Gasteiger partial charge in [0.15, 0.2) is 0 Å². The van der Waals surface area contributed by atoms with E-state index in [2.05, 4.69) is 19.2 Å². The van der Waals surface area contributed by atoms with Gasteiger partial charge in [0, 0.05) is 25.7 Å². The minimum absolute atomic E-state index is 0.0485. The Morgan fingerprint density at radius 1 is 1.39 bits per heavy atom. The summed E-state index contributed by atoms with van der Waals surface area (Å²) in [5.74, 6) is 1.20. The van der Waals surface area contributed by atoms with E-state index in [0.29, 0.717) is 24.0 Å². The lowest BCUT2D eigenvalue weighted by molar-refractivity contribution is -0.125. The van der Waals surface area contributed by atoms with Gasteiger partial charge in [0.05, 0.1) is 12.3 Å². The van der Waals surface area contributed by atoms with Gasteiger partial charge in [0.25, 0.3) is 0 Å². The Kier molecular flexibility index (Phi) is 6.47. The Hall–Kier alpha value is -2.01. The first kappa shape index (κ1) is 17.3. The molecule has 0 radical (unpaired) electrons. The smallest absolute Gasteiger partial charge is 0.246 e. The number of nitrogens with two attached hydrogens (primary N) is 1. The molecular weight excluding hydrogens is 290 g/mol. The molecule has 0 aliphatic carbocycles. The van der Waals surface area contributed by atoms with E-state index >= 15 is 0 Å². The fourth-order valence-electron chi connectivity index (χ4n) is 2.40. The van der Waals surface area contributed by atoms with Gasteiger partial charge in [-0.1, -0.05) is 19.9 Å². The van der Waals surface area contributed by atoms with Crippen molar-refractivity contribution in [3.63, 3.8) is 0 Å². The van der Waals surface area contributed by atoms with Crippen LogP contribution in [0.4, 0.5) is 5.69 Å². The molecule has 1 aromatic rings. The minimum Gasteiger partial charge on any atom is -0.491 e. The van der Waals surface area contributed by atoms with Crippen LogP contribution in [0.1, 0.15) is 25.8 Å². The van der Waals surface area contributed by atoms with Crippen molar-refractivity contribution in [1.82, 2.24) is 10.2 Å². The molecule has 1 aliphatic rings. The molecule has 126 valence electrons. The lowest BCUT2D eigenvalue weighted by Crippen LogP contribution is -2.32. The maximum Gasteiger partial charge on any atom is 0.246 e. The zero-order valence-electron chi connectivity index (χ0n) is 14.0. The standard InChI is InChI=1S/C18H27N3O2/c1-14(2)13-23-17-6-4-15(12-16(17)19)5-7-18(22)21-10-3-8-20-9-11-21/h4-7,12,14,20H,3,8-11,13,19H2,1-2H3/b7-5-. The first-order chi connectivity index (χ1) is 11.1. The highest BCUT2D eigenvalue weighted by atomic mass is 16.5. The van der Waals surface area contributed by atoms with Gasteiger partial charge in [-0.2, -0.15) is 0 Å². The molecule has 0 saturated carbocycles. The molecule has 23 heavy (non-hydrogen) atoms. The van der Waals surface area contributed by atoms with Crippen molar-refractivity contribution in [1.29, 1.82) is 0 Å². The predicted octanol–water partition coefficient (Wildman–Crippen LogP) is 2.14. The first-order valence-electron chi connectivity index (χ1n) is 8.26. The molecule has 1 heterocycles. The van der Waals surface area contributed by atoms with Crippen LogP contribution >= 0.6 is 0 Å². The molecule has 0 spiro atoms. The second-order valence-electron chi connectivity index (χ2n) is 6.26. The van der Waals surface area contributed by atoms with Crippen LogP contribution in [0.2, 0.25) is 0 Å². The molecule has 3 N–H and O–H groups in total. The summed E-state index contributed by atoms with van der Waals surface area (Å²) in [5.41, 5.74) is 7.51. The number of anilines is 1. The average molecular weight is 317 g/mol. The van der Waals surface area contributed by atoms with E-state index in [9.17, 15) is 4.79 Å². The lowest BCUT2D eigenvalue weighted by Gasteiger charge is -2.17. The minimum atomic E-state index is 0.0485. The summed E-state index contributed by atoms with van der Waals surface area (Å²) in [4.78, 5) is 14.1. The van der Waals surface area contributed by atoms with Crippen LogP contribution in [0.5, 0.6) is 5.75 Å². The van der Waals surface area contributed by atoms with E-state index in [4.69, 9.17) is 10.5 Å². The summed E-state index contributed by atoms with van der Waals surface area (Å²) in [6.07, 6.45) is 4.42. The quantitative estimate of drug-likeness (QED) is 0.645. The molecule has 1 amide bonds. The molecule has 0 aromatic heterocycles. The van der Waals surface area contributed by atoms with Gasteiger partial charge in [-0.15, -0.1) is 0 Å². The Morgan fingerprint density at radius 2 is 2.22 bits per heavy atom. The molecule has 1 fully saturated rings. The summed E-state index contributed by atoms with van der Waals surface area (Å²) in [6.45, 7) is 8.22. The Balaban J connectivity index is 1.96. The molecule has 1 aromatic carbocycles. The number of ether oxygens (including phenoxy) is 1. The lowest BCUT2D eigenvalue weighted by atomic mass is 10.1. The highest BCUT2D eigenvalue weighted by molar-refractivity contribution is 5.92. The van der Waals surface area contributed by atoms with Crippen molar-refractivity contribution in [2.75, 3.05) is 38.5 Å². The molecule has 1 saturated heterocycles. The van der Waals surface area contributed by atoms with Crippen LogP contribution in [0.15, 0.2) is 24.3 Å². The number of hydrogen-bond acceptors (Lipinski definition) is 4. The van der Waals surface area contributed by atoms with Crippen molar-refractivity contribution >= 4 is 17.7 Å². The molecule has 1 aliphatic heterocycles. The van der Waals surface area contributed by atoms with Gasteiger partial charge in [-0.05, 0) is 42.7 Å². The van der Waals surface area contributed by atoms with Crippen LogP contribution in [0.3, 0.4) is 0 Å². The monoisotopic (exact) mass is 317 g/mol. The van der Waals surface area contributed by atoms with Gasteiger partial charge in [0.1, 0.15) is 5.75 Å². The van der Waals surface area contributed by atoms with E-state index in [0.717, 1.165) is 38.2 Å². The first-order valence-corrected chi connectivity index (χ1v) is 8.26. The number of carbonyl (C=O) groups excluding carboxylic acids is 1. The highest BCUT2D eigenvalue weighted by Crippen LogP contribution is 2.23. The van der Waals surface area contributed by atoms with Crippen LogP contribution in [0.25, 0.3) is 6.08 Å². The summed E-state index contributed by atoms with van der Waals surface area (Å²) >= 11 is 0. The Morgan fingerprint density at radius 3 is 2.96 bits per heavy atom. The third-order valence-electron chi connectivity index (χ3n) is 3.68. The van der Waals surface area contributed by atoms with Crippen molar-refractivity contribution in [3.8, 4) is 5.75 Å². The number of rotatable bonds is 5. The summed E-state index contributed by atoms with van der Waals surface area (Å²) in [7, 11) is 0. The van der Waals surface area contributed by atoms with E-state index < -0.39 is 0 Å². The van der Waals surface area contributed by atoms with E-state index in [-0.39, 0.29) is 5.91 Å². The molecular formula is C18H27N3O2. The number of nitrogens with zero attached hydrogens (tertiary/aromatic N) is 1. The Bertz CT molecular complexity index is 547. The summed E-state index contributed by atoms with van der Waals surface area (Å²) < 4.78 is 5.66. The van der Waals surface area contributed by atoms with E-state index in [1.165, 1.54) is 0 Å². The van der Waals surface area contributed by atoms with Crippen LogP contribution in [-0.2, 0) is 4.79 Å². The fraction of sp³-hybridized carbons (Fsp3) is 0.500. The highest BCUT2D eigenvalue weighted by Gasteiger charge is 2.12. The molecule has 0 unspecified atom stereocenters. The Labute approximate surface area is 138 Å². The van der Waals surface area contributed by atoms with Gasteiger partial charge in [0.2, 0.25) is 5.91 Å². The summed E-state index contributed by atoms with van der Waals surface area (Å²) in [6, 6.07) is 5.61. The maximum absolute atomic E-state index is 12.2. The zero-order chi connectivity index (χ0) is 16.7. The maximum atomic E-state index is 12.2. The number of nitrogens with one attached hydrogen (secondary N) is 1. The second-order valence-corrected chi connectivity index (χ2v) is 6.26. The molecule has 0 atom stereocenters. The van der Waals surface area contributed by atoms with Crippen LogP contribution in [-0.4, -0.2) is 43.6 Å². The predicted molar refractivity (Wildman–Crippen MR) is 94.3 cm³/mol. The van der Waals surface area contributed by atoms with Crippen LogP contribution < -0.4 is 15.8 Å². The SMILES string of the molecule is CC(C)COc1ccc(/C=C\C(=O)N2CCCNCC2)cc1N. The van der Waals surface area contributed by atoms with Crippen molar-refractivity contribution in [3.05, 3.63) is 29.8 Å². The molecule has 5 nitrogen and oxygen atoms in total. The van der Waals surface area contributed by atoms with Gasteiger partial charge in [-0.3, -0.25) is 4.79 Å². The van der Waals surface area contributed by atoms with E-state index in [1.54, 1.807) is 6.08 Å². The van der Waals surface area contributed by atoms with Crippen molar-refractivity contribution < 1.29 is 9.53 Å². The van der Waals surface area contributed by atoms with Crippen molar-refractivity contribution in [2.24, 2.45) is 5.92 Å². The third-order valence-corrected chi connectivity index (χ3v) is 3.68. The molecule has 2 rings (SSSR count). The molecule has 5 heteroatoms. The number of nitrogen functional groups attached to an aromatic ring is 1. The second kappa shape index (κ2) is 8.58. The normalized spacial score (nSPS) is 15.9. The largest absolute Gasteiger partial charge is 0.491 e. The van der Waals surface area contributed by atoms with Gasteiger partial charge >= 0.3 is 0 Å². The zero-order valence-corrected chi connectivity index (χ0v) is 14.0. The van der Waals surface area contributed by atoms with Crippen LogP contribution in [0, 0.1) is 5.92 Å².